The maximum Gasteiger partial charge on any atom is 0.130 e. The highest BCUT2D eigenvalue weighted by Crippen LogP contribution is 2.23. The third kappa shape index (κ3) is 1.81. The van der Waals surface area contributed by atoms with Crippen LogP contribution in [0.2, 0.25) is 0 Å². The molecule has 0 heterocycles. The first-order chi connectivity index (χ1) is 6.22. The van der Waals surface area contributed by atoms with Crippen molar-refractivity contribution in [2.24, 2.45) is 4.99 Å². The van der Waals surface area contributed by atoms with Crippen molar-refractivity contribution in [3.05, 3.63) is 35.7 Å². The summed E-state index contributed by atoms with van der Waals surface area (Å²) in [6.07, 6.45) is 1.54. The van der Waals surface area contributed by atoms with Gasteiger partial charge in [-0.15, -0.1) is 0 Å². The maximum atomic E-state index is 13.1. The van der Waals surface area contributed by atoms with E-state index in [4.69, 9.17) is 5.11 Å². The first-order valence-electron chi connectivity index (χ1n) is 3.75. The minimum atomic E-state index is -0.476. The van der Waals surface area contributed by atoms with Crippen LogP contribution in [-0.2, 0) is 6.61 Å². The second kappa shape index (κ2) is 3.96. The van der Waals surface area contributed by atoms with Crippen molar-refractivity contribution in [2.75, 3.05) is 0 Å². The summed E-state index contributed by atoms with van der Waals surface area (Å²) in [5, 5.41) is 8.78. The number of benzene rings is 1. The summed E-state index contributed by atoms with van der Waals surface area (Å²) in [5.74, 6) is -0.476. The van der Waals surface area contributed by atoms with Crippen molar-refractivity contribution >= 4 is 18.5 Å². The van der Waals surface area contributed by atoms with Gasteiger partial charge in [0.25, 0.3) is 0 Å². The minimum absolute atomic E-state index is 0.238. The van der Waals surface area contributed by atoms with Gasteiger partial charge >= 0.3 is 0 Å². The zero-order valence-electron chi connectivity index (χ0n) is 7.13. The Morgan fingerprint density at radius 3 is 2.69 bits per heavy atom. The number of hydrogen-bond acceptors (Lipinski definition) is 2. The molecule has 0 saturated heterocycles. The molecule has 0 unspecified atom stereocenters. The Balaban J connectivity index is 3.34. The third-order valence-electron chi connectivity index (χ3n) is 1.76. The average molecular weight is 179 g/mol. The molecule has 68 valence electrons. The van der Waals surface area contributed by atoms with Crippen LogP contribution in [0.1, 0.15) is 11.1 Å². The Labute approximate surface area is 76.1 Å². The number of nitrogens with zero attached hydrogens (tertiary/aromatic N) is 1. The zero-order chi connectivity index (χ0) is 9.84. The fourth-order valence-electron chi connectivity index (χ4n) is 1.05. The Bertz CT molecular complexity index is 347. The van der Waals surface area contributed by atoms with Crippen molar-refractivity contribution in [2.45, 2.75) is 6.61 Å². The molecule has 0 fully saturated rings. The van der Waals surface area contributed by atoms with E-state index in [-0.39, 0.29) is 12.2 Å². The molecular weight excluding hydrogens is 169 g/mol. The molecule has 0 aliphatic heterocycles. The molecular formula is C10H10FNO. The molecule has 0 aromatic heterocycles. The van der Waals surface area contributed by atoms with Gasteiger partial charge in [0, 0.05) is 17.2 Å². The second-order valence-corrected chi connectivity index (χ2v) is 2.52. The van der Waals surface area contributed by atoms with Crippen molar-refractivity contribution < 1.29 is 9.50 Å². The van der Waals surface area contributed by atoms with Gasteiger partial charge in [0.05, 0.1) is 12.3 Å². The van der Waals surface area contributed by atoms with Crippen molar-refractivity contribution in [1.82, 2.24) is 0 Å². The first-order valence-corrected chi connectivity index (χ1v) is 3.75. The molecule has 0 amide bonds. The van der Waals surface area contributed by atoms with E-state index in [0.29, 0.717) is 11.3 Å². The highest BCUT2D eigenvalue weighted by atomic mass is 19.1. The van der Waals surface area contributed by atoms with E-state index in [9.17, 15) is 4.39 Å². The Morgan fingerprint density at radius 2 is 2.23 bits per heavy atom. The van der Waals surface area contributed by atoms with E-state index in [1.807, 2.05) is 0 Å². The highest BCUT2D eigenvalue weighted by molar-refractivity contribution is 5.65. The summed E-state index contributed by atoms with van der Waals surface area (Å²) in [7, 11) is 0. The van der Waals surface area contributed by atoms with Crippen molar-refractivity contribution in [3.63, 3.8) is 0 Å². The number of aliphatic imine (C=N–C) groups is 1. The van der Waals surface area contributed by atoms with Gasteiger partial charge in [-0.1, -0.05) is 12.7 Å². The highest BCUT2D eigenvalue weighted by Gasteiger charge is 2.05. The van der Waals surface area contributed by atoms with Crippen molar-refractivity contribution in [3.8, 4) is 0 Å². The lowest BCUT2D eigenvalue weighted by molar-refractivity contribution is 0.276. The van der Waals surface area contributed by atoms with Crippen LogP contribution in [-0.4, -0.2) is 11.8 Å². The molecule has 0 spiro atoms. The molecule has 0 aliphatic carbocycles. The van der Waals surface area contributed by atoms with E-state index in [0.717, 1.165) is 0 Å². The fourth-order valence-corrected chi connectivity index (χ4v) is 1.05. The van der Waals surface area contributed by atoms with Crippen LogP contribution in [0.15, 0.2) is 23.7 Å². The van der Waals surface area contributed by atoms with E-state index in [1.54, 1.807) is 6.08 Å². The van der Waals surface area contributed by atoms with E-state index >= 15 is 0 Å². The van der Waals surface area contributed by atoms with Crippen molar-refractivity contribution in [1.29, 1.82) is 0 Å². The van der Waals surface area contributed by atoms with E-state index in [2.05, 4.69) is 18.3 Å². The van der Waals surface area contributed by atoms with Gasteiger partial charge in [0.1, 0.15) is 5.82 Å². The molecule has 2 nitrogen and oxygen atoms in total. The van der Waals surface area contributed by atoms with Crippen LogP contribution >= 0.6 is 0 Å². The quantitative estimate of drug-likeness (QED) is 0.709. The zero-order valence-corrected chi connectivity index (χ0v) is 7.13. The molecule has 0 saturated carbocycles. The van der Waals surface area contributed by atoms with Gasteiger partial charge in [-0.2, -0.15) is 0 Å². The van der Waals surface area contributed by atoms with Crippen LogP contribution in [0.5, 0.6) is 0 Å². The summed E-state index contributed by atoms with van der Waals surface area (Å²) in [6.45, 7) is 6.53. The second-order valence-electron chi connectivity index (χ2n) is 2.52. The molecule has 1 rings (SSSR count). The number of halogens is 1. The lowest BCUT2D eigenvalue weighted by atomic mass is 10.1. The molecule has 1 aromatic carbocycles. The summed E-state index contributed by atoms with van der Waals surface area (Å²) < 4.78 is 13.1. The average Bonchev–Trinajstić information content (AvgIpc) is 2.17. The van der Waals surface area contributed by atoms with Gasteiger partial charge in [0.2, 0.25) is 0 Å². The van der Waals surface area contributed by atoms with Gasteiger partial charge in [0.15, 0.2) is 0 Å². The standard InChI is InChI=1S/C10H10FNO/c1-3-7-4-8(6-13)9(11)5-10(7)12-2/h3-5,13H,1-2,6H2. The lowest BCUT2D eigenvalue weighted by Crippen LogP contribution is -1.90. The molecule has 0 radical (unpaired) electrons. The topological polar surface area (TPSA) is 32.6 Å². The minimum Gasteiger partial charge on any atom is -0.392 e. The molecule has 3 heteroatoms. The van der Waals surface area contributed by atoms with Crippen LogP contribution in [0, 0.1) is 5.82 Å². The van der Waals surface area contributed by atoms with Gasteiger partial charge in [-0.25, -0.2) is 4.39 Å². The smallest absolute Gasteiger partial charge is 0.130 e. The molecule has 1 N–H and O–H groups in total. The predicted octanol–water partition coefficient (Wildman–Crippen LogP) is 2.29. The van der Waals surface area contributed by atoms with Crippen LogP contribution in [0.25, 0.3) is 6.08 Å². The Morgan fingerprint density at radius 1 is 1.54 bits per heavy atom. The fraction of sp³-hybridized carbons (Fsp3) is 0.100. The number of aliphatic hydroxyl groups is 1. The van der Waals surface area contributed by atoms with Gasteiger partial charge in [-0.05, 0) is 12.8 Å². The van der Waals surface area contributed by atoms with Crippen LogP contribution < -0.4 is 0 Å². The van der Waals surface area contributed by atoms with E-state index < -0.39 is 5.82 Å². The van der Waals surface area contributed by atoms with Gasteiger partial charge < -0.3 is 5.11 Å². The molecule has 13 heavy (non-hydrogen) atoms. The first kappa shape index (κ1) is 9.61. The Hall–Kier alpha value is -1.48. The third-order valence-corrected chi connectivity index (χ3v) is 1.76. The Kier molecular flexibility index (Phi) is 2.93. The number of hydrogen-bond donors (Lipinski definition) is 1. The molecule has 1 aromatic rings. The summed E-state index contributed by atoms with van der Waals surface area (Å²) in [4.78, 5) is 3.63. The summed E-state index contributed by atoms with van der Waals surface area (Å²) >= 11 is 0. The normalized spacial score (nSPS) is 9.69. The lowest BCUT2D eigenvalue weighted by Gasteiger charge is -2.04. The summed E-state index contributed by atoms with van der Waals surface area (Å²) in [6, 6.07) is 2.74. The summed E-state index contributed by atoms with van der Waals surface area (Å²) in [5.41, 5.74) is 1.34. The number of rotatable bonds is 3. The maximum absolute atomic E-state index is 13.1. The number of aliphatic hydroxyl groups excluding tert-OH is 1. The predicted molar refractivity (Wildman–Crippen MR) is 51.6 cm³/mol. The molecule has 0 bridgehead atoms. The molecule has 0 atom stereocenters. The largest absolute Gasteiger partial charge is 0.392 e. The van der Waals surface area contributed by atoms with Crippen LogP contribution in [0.4, 0.5) is 10.1 Å². The molecule has 0 aliphatic rings. The monoisotopic (exact) mass is 179 g/mol. The van der Waals surface area contributed by atoms with E-state index in [1.165, 1.54) is 12.1 Å². The van der Waals surface area contributed by atoms with Gasteiger partial charge in [-0.3, -0.25) is 4.99 Å². The van der Waals surface area contributed by atoms with Crippen LogP contribution in [0.3, 0.4) is 0 Å². The SMILES string of the molecule is C=Cc1cc(CO)c(F)cc1N=C.